The molecule has 0 aromatic rings. The highest BCUT2D eigenvalue weighted by Gasteiger charge is 2.36. The smallest absolute Gasteiger partial charge is 0.328 e. The zero-order chi connectivity index (χ0) is 15.3. The van der Waals surface area contributed by atoms with E-state index >= 15 is 0 Å². The first-order valence-corrected chi connectivity index (χ1v) is 7.83. The monoisotopic (exact) mass is 283 g/mol. The molecule has 3 unspecified atom stereocenters. The van der Waals surface area contributed by atoms with E-state index in [0.717, 1.165) is 12.8 Å². The maximum absolute atomic E-state index is 12.5. The lowest BCUT2D eigenvalue weighted by molar-refractivity contribution is -0.147. The Morgan fingerprint density at radius 2 is 1.90 bits per heavy atom. The molecule has 0 bridgehead atoms. The van der Waals surface area contributed by atoms with Gasteiger partial charge in [-0.25, -0.2) is 4.79 Å². The predicted molar refractivity (Wildman–Crippen MR) is 79.1 cm³/mol. The normalized spacial score (nSPS) is 28.0. The van der Waals surface area contributed by atoms with Gasteiger partial charge in [-0.2, -0.15) is 0 Å². The molecule has 1 saturated carbocycles. The molecule has 0 aliphatic heterocycles. The minimum absolute atomic E-state index is 0.0100. The van der Waals surface area contributed by atoms with Crippen LogP contribution in [0.25, 0.3) is 0 Å². The number of hydrogen-bond acceptors (Lipinski definition) is 3. The van der Waals surface area contributed by atoms with Crippen LogP contribution in [0.4, 0.5) is 0 Å². The second-order valence-electron chi connectivity index (χ2n) is 6.41. The van der Waals surface area contributed by atoms with Crippen molar-refractivity contribution in [3.05, 3.63) is 0 Å². The highest BCUT2D eigenvalue weighted by atomic mass is 16.5. The Labute approximate surface area is 122 Å². The van der Waals surface area contributed by atoms with Gasteiger partial charge in [-0.1, -0.05) is 27.2 Å². The van der Waals surface area contributed by atoms with Gasteiger partial charge in [-0.3, -0.25) is 4.79 Å². The third kappa shape index (κ3) is 4.50. The molecule has 116 valence electrons. The van der Waals surface area contributed by atoms with Crippen LogP contribution in [0.2, 0.25) is 0 Å². The molecule has 20 heavy (non-hydrogen) atoms. The fraction of sp³-hybridized carbons (Fsp3) is 0.875. The van der Waals surface area contributed by atoms with E-state index in [1.807, 2.05) is 0 Å². The first-order chi connectivity index (χ1) is 9.36. The van der Waals surface area contributed by atoms with Crippen LogP contribution in [0.5, 0.6) is 0 Å². The third-order valence-electron chi connectivity index (χ3n) is 4.36. The van der Waals surface area contributed by atoms with Crippen molar-refractivity contribution in [2.24, 2.45) is 23.7 Å². The van der Waals surface area contributed by atoms with E-state index in [4.69, 9.17) is 4.74 Å². The van der Waals surface area contributed by atoms with Crippen molar-refractivity contribution in [2.75, 3.05) is 6.61 Å². The van der Waals surface area contributed by atoms with Crippen LogP contribution in [0, 0.1) is 23.7 Å². The topological polar surface area (TPSA) is 55.4 Å². The van der Waals surface area contributed by atoms with Crippen LogP contribution in [-0.2, 0) is 14.3 Å². The van der Waals surface area contributed by atoms with E-state index in [2.05, 4.69) is 26.1 Å². The maximum atomic E-state index is 12.5. The molecule has 0 heterocycles. The molecular weight excluding hydrogens is 254 g/mol. The van der Waals surface area contributed by atoms with Crippen molar-refractivity contribution in [3.63, 3.8) is 0 Å². The van der Waals surface area contributed by atoms with Crippen LogP contribution in [0.1, 0.15) is 53.9 Å². The minimum atomic E-state index is -0.563. The van der Waals surface area contributed by atoms with Gasteiger partial charge in [-0.15, -0.1) is 0 Å². The summed E-state index contributed by atoms with van der Waals surface area (Å²) in [7, 11) is 0. The van der Waals surface area contributed by atoms with Gasteiger partial charge in [0, 0.05) is 5.92 Å². The number of esters is 1. The SMILES string of the molecule is CCOC(=O)[C@H](C)NC(=O)C1CC(C)CCC1C(C)C. The Balaban J connectivity index is 2.65. The summed E-state index contributed by atoms with van der Waals surface area (Å²) in [5.74, 6) is 1.17. The molecule has 1 fully saturated rings. The third-order valence-corrected chi connectivity index (χ3v) is 4.36. The fourth-order valence-electron chi connectivity index (χ4n) is 3.15. The van der Waals surface area contributed by atoms with Crippen molar-refractivity contribution in [2.45, 2.75) is 59.9 Å². The van der Waals surface area contributed by atoms with Gasteiger partial charge < -0.3 is 10.1 Å². The summed E-state index contributed by atoms with van der Waals surface area (Å²) in [6.45, 7) is 10.3. The summed E-state index contributed by atoms with van der Waals surface area (Å²) in [4.78, 5) is 24.1. The quantitative estimate of drug-likeness (QED) is 0.789. The number of carbonyl (C=O) groups is 2. The second-order valence-corrected chi connectivity index (χ2v) is 6.41. The molecule has 0 saturated heterocycles. The maximum Gasteiger partial charge on any atom is 0.328 e. The largest absolute Gasteiger partial charge is 0.464 e. The lowest BCUT2D eigenvalue weighted by atomic mass is 9.69. The summed E-state index contributed by atoms with van der Waals surface area (Å²) in [6.07, 6.45) is 3.22. The van der Waals surface area contributed by atoms with E-state index in [1.165, 1.54) is 6.42 Å². The lowest BCUT2D eigenvalue weighted by Gasteiger charge is -2.36. The molecule has 1 aliphatic carbocycles. The van der Waals surface area contributed by atoms with Gasteiger partial charge in [0.25, 0.3) is 0 Å². The Bertz CT molecular complexity index is 341. The zero-order valence-electron chi connectivity index (χ0n) is 13.4. The van der Waals surface area contributed by atoms with Crippen LogP contribution in [0.3, 0.4) is 0 Å². The van der Waals surface area contributed by atoms with Crippen LogP contribution in [-0.4, -0.2) is 24.5 Å². The summed E-state index contributed by atoms with van der Waals surface area (Å²) in [5, 5.41) is 2.83. The van der Waals surface area contributed by atoms with Crippen molar-refractivity contribution >= 4 is 11.9 Å². The van der Waals surface area contributed by atoms with Crippen LogP contribution >= 0.6 is 0 Å². The van der Waals surface area contributed by atoms with Gasteiger partial charge in [0.1, 0.15) is 6.04 Å². The molecule has 0 spiro atoms. The molecule has 1 N–H and O–H groups in total. The number of rotatable bonds is 5. The van der Waals surface area contributed by atoms with Gasteiger partial charge in [0.05, 0.1) is 6.61 Å². The first-order valence-electron chi connectivity index (χ1n) is 7.83. The molecule has 1 aliphatic rings. The van der Waals surface area contributed by atoms with Crippen molar-refractivity contribution in [1.82, 2.24) is 5.32 Å². The van der Waals surface area contributed by atoms with E-state index in [0.29, 0.717) is 24.4 Å². The summed E-state index contributed by atoms with van der Waals surface area (Å²) < 4.78 is 4.93. The molecular formula is C16H29NO3. The Hall–Kier alpha value is -1.06. The van der Waals surface area contributed by atoms with Crippen molar-refractivity contribution in [3.8, 4) is 0 Å². The van der Waals surface area contributed by atoms with Gasteiger partial charge >= 0.3 is 5.97 Å². The van der Waals surface area contributed by atoms with E-state index in [-0.39, 0.29) is 17.8 Å². The zero-order valence-corrected chi connectivity index (χ0v) is 13.4. The molecule has 4 heteroatoms. The number of nitrogens with one attached hydrogen (secondary N) is 1. The molecule has 0 aromatic heterocycles. The number of amides is 1. The van der Waals surface area contributed by atoms with E-state index in [1.54, 1.807) is 13.8 Å². The van der Waals surface area contributed by atoms with Crippen molar-refractivity contribution < 1.29 is 14.3 Å². The van der Waals surface area contributed by atoms with E-state index < -0.39 is 6.04 Å². The first kappa shape index (κ1) is 17.0. The highest BCUT2D eigenvalue weighted by molar-refractivity contribution is 5.85. The number of ether oxygens (including phenoxy) is 1. The molecule has 4 atom stereocenters. The Morgan fingerprint density at radius 1 is 1.25 bits per heavy atom. The molecule has 1 amide bonds. The molecule has 0 radical (unpaired) electrons. The molecule has 0 aromatic carbocycles. The molecule has 1 rings (SSSR count). The van der Waals surface area contributed by atoms with Gasteiger partial charge in [0.15, 0.2) is 0 Å². The standard InChI is InChI=1S/C16H29NO3/c1-6-20-16(19)12(5)17-15(18)14-9-11(4)7-8-13(14)10(2)3/h10-14H,6-9H2,1-5H3,(H,17,18)/t11?,12-,13?,14?/m0/s1. The Kier molecular flexibility index (Phi) is 6.50. The Morgan fingerprint density at radius 3 is 2.45 bits per heavy atom. The van der Waals surface area contributed by atoms with Crippen LogP contribution < -0.4 is 5.32 Å². The van der Waals surface area contributed by atoms with E-state index in [9.17, 15) is 9.59 Å². The predicted octanol–water partition coefficient (Wildman–Crippen LogP) is 2.76. The fourth-order valence-corrected chi connectivity index (χ4v) is 3.15. The number of carbonyl (C=O) groups excluding carboxylic acids is 2. The molecule has 4 nitrogen and oxygen atoms in total. The average molecular weight is 283 g/mol. The highest BCUT2D eigenvalue weighted by Crippen LogP contribution is 2.38. The summed E-state index contributed by atoms with van der Waals surface area (Å²) in [5.41, 5.74) is 0. The second kappa shape index (κ2) is 7.65. The average Bonchev–Trinajstić information content (AvgIpc) is 2.38. The minimum Gasteiger partial charge on any atom is -0.464 e. The summed E-state index contributed by atoms with van der Waals surface area (Å²) >= 11 is 0. The van der Waals surface area contributed by atoms with Crippen LogP contribution in [0.15, 0.2) is 0 Å². The number of hydrogen-bond donors (Lipinski definition) is 1. The van der Waals surface area contributed by atoms with Crippen molar-refractivity contribution in [1.29, 1.82) is 0 Å². The summed E-state index contributed by atoms with van der Waals surface area (Å²) in [6, 6.07) is -0.563. The van der Waals surface area contributed by atoms with Gasteiger partial charge in [0.2, 0.25) is 5.91 Å². The van der Waals surface area contributed by atoms with Gasteiger partial charge in [-0.05, 0) is 44.4 Å². The lowest BCUT2D eigenvalue weighted by Crippen LogP contribution is -2.46.